The number of hydrogen-bond acceptors (Lipinski definition) is 5. The van der Waals surface area contributed by atoms with E-state index in [0.717, 1.165) is 24.8 Å². The fourth-order valence-corrected chi connectivity index (χ4v) is 5.88. The van der Waals surface area contributed by atoms with Crippen molar-refractivity contribution >= 4 is 23.4 Å². The quantitative estimate of drug-likeness (QED) is 0.254. The molecule has 3 amide bonds. The van der Waals surface area contributed by atoms with E-state index < -0.39 is 11.4 Å². The van der Waals surface area contributed by atoms with Crippen molar-refractivity contribution in [3.8, 4) is 11.5 Å². The number of likely N-dealkylation sites (tertiary alicyclic amines) is 1. The van der Waals surface area contributed by atoms with Gasteiger partial charge in [0.1, 0.15) is 17.3 Å². The van der Waals surface area contributed by atoms with Gasteiger partial charge >= 0.3 is 6.03 Å². The van der Waals surface area contributed by atoms with Gasteiger partial charge in [0.25, 0.3) is 5.91 Å². The number of anilines is 1. The Hall–Kier alpha value is -4.24. The number of halogens is 1. The number of aliphatic hydroxyl groups is 1. The van der Waals surface area contributed by atoms with Crippen LogP contribution in [0.5, 0.6) is 11.5 Å². The second-order valence-corrected chi connectivity index (χ2v) is 11.5. The van der Waals surface area contributed by atoms with E-state index in [4.69, 9.17) is 4.74 Å². The van der Waals surface area contributed by atoms with E-state index in [0.29, 0.717) is 73.1 Å². The van der Waals surface area contributed by atoms with Crippen molar-refractivity contribution in [2.75, 3.05) is 25.0 Å². The summed E-state index contributed by atoms with van der Waals surface area (Å²) in [6.45, 7) is 5.62. The predicted molar refractivity (Wildman–Crippen MR) is 162 cm³/mol. The van der Waals surface area contributed by atoms with E-state index in [9.17, 15) is 23.9 Å². The molecule has 0 unspecified atom stereocenters. The van der Waals surface area contributed by atoms with Crippen molar-refractivity contribution in [3.05, 3.63) is 88.7 Å². The van der Waals surface area contributed by atoms with E-state index in [2.05, 4.69) is 24.5 Å². The molecule has 0 saturated carbocycles. The molecule has 226 valence electrons. The van der Waals surface area contributed by atoms with Crippen LogP contribution in [-0.4, -0.2) is 53.0 Å². The molecule has 1 saturated heterocycles. The lowest BCUT2D eigenvalue weighted by atomic mass is 9.81. The Morgan fingerprint density at radius 2 is 1.72 bits per heavy atom. The molecular weight excluding hydrogens is 549 g/mol. The van der Waals surface area contributed by atoms with Gasteiger partial charge in [-0.25, -0.2) is 9.18 Å². The van der Waals surface area contributed by atoms with Gasteiger partial charge in [0.15, 0.2) is 5.78 Å². The number of nitrogens with zero attached hydrogens (tertiary/aromatic N) is 1. The average Bonchev–Trinajstić information content (AvgIpc) is 3.01. The van der Waals surface area contributed by atoms with Crippen molar-refractivity contribution in [2.24, 2.45) is 5.92 Å². The van der Waals surface area contributed by atoms with E-state index in [1.807, 2.05) is 0 Å². The highest BCUT2D eigenvalue weighted by molar-refractivity contribution is 6.11. The molecule has 9 heteroatoms. The van der Waals surface area contributed by atoms with Gasteiger partial charge in [0.05, 0.1) is 5.60 Å². The third kappa shape index (κ3) is 7.22. The molecule has 2 heterocycles. The van der Waals surface area contributed by atoms with Gasteiger partial charge in [-0.05, 0) is 85.7 Å². The molecule has 0 aliphatic carbocycles. The molecule has 0 radical (unpaired) electrons. The summed E-state index contributed by atoms with van der Waals surface area (Å²) >= 11 is 0. The molecule has 1 fully saturated rings. The molecule has 0 aromatic heterocycles. The number of nitrogens with one attached hydrogen (secondary N) is 2. The maximum absolute atomic E-state index is 13.7. The Bertz CT molecular complexity index is 1490. The summed E-state index contributed by atoms with van der Waals surface area (Å²) in [5.41, 5.74) is 1.65. The number of ketones is 1. The highest BCUT2D eigenvalue weighted by Crippen LogP contribution is 2.33. The first kappa shape index (κ1) is 30.2. The van der Waals surface area contributed by atoms with Crippen LogP contribution < -0.4 is 15.4 Å². The summed E-state index contributed by atoms with van der Waals surface area (Å²) < 4.78 is 19.4. The number of piperidine rings is 1. The Kier molecular flexibility index (Phi) is 9.11. The zero-order chi connectivity index (χ0) is 30.6. The highest BCUT2D eigenvalue weighted by Gasteiger charge is 2.35. The van der Waals surface area contributed by atoms with E-state index in [1.165, 1.54) is 24.3 Å². The van der Waals surface area contributed by atoms with E-state index >= 15 is 0 Å². The number of urea groups is 1. The van der Waals surface area contributed by atoms with Crippen LogP contribution >= 0.6 is 0 Å². The molecule has 2 aliphatic rings. The Labute approximate surface area is 251 Å². The van der Waals surface area contributed by atoms with Crippen molar-refractivity contribution in [1.29, 1.82) is 0 Å². The summed E-state index contributed by atoms with van der Waals surface area (Å²) in [6.07, 6.45) is 4.40. The minimum atomic E-state index is -0.772. The molecule has 2 aliphatic heterocycles. The molecule has 5 rings (SSSR count). The number of amides is 3. The standard InChI is InChI=1S/C34H38FN3O5/c1-3-22(4-2)21-34(42)12-15-38(16-13-34)33(41)37-27-18-25(19-29(20-27)43-28-8-6-26(35)7-9-28)31(39)24-5-10-30-23(17-24)11-14-36-32(30)40/h5-10,17-20,22,42H,3-4,11-16,21H2,1-2H3,(H,36,40)(H,37,41). The topological polar surface area (TPSA) is 108 Å². The largest absolute Gasteiger partial charge is 0.457 e. The second-order valence-electron chi connectivity index (χ2n) is 11.5. The number of carbonyl (C=O) groups excluding carboxylic acids is 3. The predicted octanol–water partition coefficient (Wildman–Crippen LogP) is 6.32. The number of ether oxygens (including phenoxy) is 1. The van der Waals surface area contributed by atoms with Crippen molar-refractivity contribution in [3.63, 3.8) is 0 Å². The SMILES string of the molecule is CCC(CC)CC1(O)CCN(C(=O)Nc2cc(Oc3ccc(F)cc3)cc(C(=O)c3ccc4c(c3)CCNC4=O)c2)CC1. The minimum Gasteiger partial charge on any atom is -0.457 e. The number of benzene rings is 3. The number of fused-ring (bicyclic) bond motifs is 1. The Balaban J connectivity index is 1.36. The third-order valence-electron chi connectivity index (χ3n) is 8.57. The smallest absolute Gasteiger partial charge is 0.321 e. The van der Waals surface area contributed by atoms with Gasteiger partial charge in [0, 0.05) is 48.1 Å². The van der Waals surface area contributed by atoms with Crippen LogP contribution in [-0.2, 0) is 6.42 Å². The van der Waals surface area contributed by atoms with Gasteiger partial charge < -0.3 is 25.4 Å². The van der Waals surface area contributed by atoms with Crippen LogP contribution in [0.15, 0.2) is 60.7 Å². The molecule has 3 aromatic rings. The fraction of sp³-hybridized carbons (Fsp3) is 0.382. The van der Waals surface area contributed by atoms with E-state index in [-0.39, 0.29) is 23.3 Å². The molecule has 0 bridgehead atoms. The van der Waals surface area contributed by atoms with Crippen LogP contribution in [0, 0.1) is 11.7 Å². The van der Waals surface area contributed by atoms with Gasteiger partial charge in [-0.3, -0.25) is 9.59 Å². The summed E-state index contributed by atoms with van der Waals surface area (Å²) in [6, 6.07) is 15.0. The van der Waals surface area contributed by atoms with Crippen molar-refractivity contribution in [2.45, 2.75) is 58.0 Å². The molecule has 3 N–H and O–H groups in total. The lowest BCUT2D eigenvalue weighted by Gasteiger charge is -2.39. The highest BCUT2D eigenvalue weighted by atomic mass is 19.1. The summed E-state index contributed by atoms with van der Waals surface area (Å²) in [7, 11) is 0. The summed E-state index contributed by atoms with van der Waals surface area (Å²) in [5.74, 6) is 0.264. The Morgan fingerprint density at radius 3 is 2.42 bits per heavy atom. The number of hydrogen-bond donors (Lipinski definition) is 3. The average molecular weight is 588 g/mol. The van der Waals surface area contributed by atoms with Crippen molar-refractivity contribution in [1.82, 2.24) is 10.2 Å². The van der Waals surface area contributed by atoms with Gasteiger partial charge in [-0.2, -0.15) is 0 Å². The van der Waals surface area contributed by atoms with Gasteiger partial charge in [-0.15, -0.1) is 0 Å². The maximum Gasteiger partial charge on any atom is 0.321 e. The lowest BCUT2D eigenvalue weighted by Crippen LogP contribution is -2.48. The first-order valence-corrected chi connectivity index (χ1v) is 15.0. The zero-order valence-electron chi connectivity index (χ0n) is 24.6. The van der Waals surface area contributed by atoms with Crippen LogP contribution in [0.25, 0.3) is 0 Å². The number of carbonyl (C=O) groups is 3. The molecule has 0 spiro atoms. The monoisotopic (exact) mass is 587 g/mol. The number of rotatable bonds is 9. The molecular formula is C34H38FN3O5. The Morgan fingerprint density at radius 1 is 1.00 bits per heavy atom. The van der Waals surface area contributed by atoms with E-state index in [1.54, 1.807) is 41.3 Å². The molecule has 43 heavy (non-hydrogen) atoms. The molecule has 3 aromatic carbocycles. The van der Waals surface area contributed by atoms with Crippen LogP contribution in [0.3, 0.4) is 0 Å². The minimum absolute atomic E-state index is 0.161. The summed E-state index contributed by atoms with van der Waals surface area (Å²) in [5, 5.41) is 16.8. The summed E-state index contributed by atoms with van der Waals surface area (Å²) in [4.78, 5) is 40.8. The van der Waals surface area contributed by atoms with Crippen LogP contribution in [0.4, 0.5) is 14.9 Å². The second kappa shape index (κ2) is 13.0. The lowest BCUT2D eigenvalue weighted by molar-refractivity contribution is -0.0309. The fourth-order valence-electron chi connectivity index (χ4n) is 5.88. The van der Waals surface area contributed by atoms with Gasteiger partial charge in [0.2, 0.25) is 0 Å². The first-order chi connectivity index (χ1) is 20.7. The van der Waals surface area contributed by atoms with Gasteiger partial charge in [-0.1, -0.05) is 32.8 Å². The zero-order valence-corrected chi connectivity index (χ0v) is 24.6. The first-order valence-electron chi connectivity index (χ1n) is 15.0. The third-order valence-corrected chi connectivity index (χ3v) is 8.57. The maximum atomic E-state index is 13.7. The normalized spacial score (nSPS) is 15.9. The molecule has 0 atom stereocenters. The van der Waals surface area contributed by atoms with Crippen molar-refractivity contribution < 1.29 is 28.6 Å². The van der Waals surface area contributed by atoms with Crippen LogP contribution in [0.1, 0.15) is 77.8 Å². The molecule has 8 nitrogen and oxygen atoms in total. The van der Waals surface area contributed by atoms with Crippen LogP contribution in [0.2, 0.25) is 0 Å².